The maximum Gasteiger partial charge on any atom is 0.327 e. The number of halogens is 1. The molecule has 13 nitrogen and oxygen atoms in total. The van der Waals surface area contributed by atoms with E-state index in [1.807, 2.05) is 12.1 Å². The summed E-state index contributed by atoms with van der Waals surface area (Å²) in [6.45, 7) is 2.69. The number of ether oxygens (including phenoxy) is 6. The van der Waals surface area contributed by atoms with E-state index in [-0.39, 0.29) is 51.2 Å². The Bertz CT molecular complexity index is 2350. The lowest BCUT2D eigenvalue weighted by molar-refractivity contribution is -0.130. The highest BCUT2D eigenvalue weighted by atomic mass is 35.5. The molecule has 0 radical (unpaired) electrons. The van der Waals surface area contributed by atoms with E-state index in [0.29, 0.717) is 42.4 Å². The van der Waals surface area contributed by atoms with Gasteiger partial charge in [-0.1, -0.05) is 36.7 Å². The maximum absolute atomic E-state index is 15.1. The summed E-state index contributed by atoms with van der Waals surface area (Å²) < 4.78 is 34.9. The number of carbonyl (C=O) groups excluding carboxylic acids is 2. The second kappa shape index (κ2) is 12.5. The Kier molecular flexibility index (Phi) is 8.05. The van der Waals surface area contributed by atoms with Gasteiger partial charge >= 0.3 is 5.69 Å². The van der Waals surface area contributed by atoms with Crippen LogP contribution in [0.5, 0.6) is 34.5 Å². The highest BCUT2D eigenvalue weighted by molar-refractivity contribution is 6.36. The van der Waals surface area contributed by atoms with Crippen molar-refractivity contribution in [1.82, 2.24) is 9.97 Å². The Labute approximate surface area is 301 Å². The molecular weight excluding hydrogens is 694 g/mol. The van der Waals surface area contributed by atoms with Crippen LogP contribution in [0.15, 0.2) is 63.3 Å². The lowest BCUT2D eigenvalue weighted by atomic mass is 9.66. The molecule has 8 rings (SSSR count). The van der Waals surface area contributed by atoms with Gasteiger partial charge in [0.05, 0.1) is 40.1 Å². The van der Waals surface area contributed by atoms with Gasteiger partial charge in [-0.2, -0.15) is 0 Å². The number of allylic oxidation sites excluding steroid dienone is 1. The van der Waals surface area contributed by atoms with E-state index in [1.54, 1.807) is 25.1 Å². The molecule has 0 saturated carbocycles. The van der Waals surface area contributed by atoms with Crippen LogP contribution in [-0.2, 0) is 17.6 Å². The van der Waals surface area contributed by atoms with Crippen LogP contribution in [0.4, 0.5) is 5.82 Å². The number of hydrogen-bond donors (Lipinski definition) is 3. The quantitative estimate of drug-likeness (QED) is 0.215. The van der Waals surface area contributed by atoms with Crippen LogP contribution in [0.25, 0.3) is 0 Å². The van der Waals surface area contributed by atoms with Crippen LogP contribution in [-0.4, -0.2) is 61.7 Å². The van der Waals surface area contributed by atoms with Crippen LogP contribution < -0.4 is 45.0 Å². The van der Waals surface area contributed by atoms with Gasteiger partial charge in [0, 0.05) is 42.0 Å². The van der Waals surface area contributed by atoms with Crippen molar-refractivity contribution in [2.45, 2.75) is 37.7 Å². The highest BCUT2D eigenvalue weighted by Gasteiger charge is 2.63. The molecule has 4 aromatic rings. The lowest BCUT2D eigenvalue weighted by Gasteiger charge is -2.42. The van der Waals surface area contributed by atoms with Crippen LogP contribution >= 0.6 is 11.6 Å². The number of ketones is 2. The molecule has 268 valence electrons. The van der Waals surface area contributed by atoms with Gasteiger partial charge in [-0.3, -0.25) is 24.4 Å². The standard InChI is InChI=1S/C38H34ClN3O10/c1-17-13-21-28(33(43)38(17)34(44)29-25(48-3)16-26(49-4)31(39)32(29)52-38)27(30-35(40-21)41-37(46)42-36(30)45)20-6-8-23(47-2)24(15-20)51-11-9-18-5-7-22-19(14-18)10-12-50-22/h5-8,14-17,27H,9-13H2,1-4H3,(H3,40,41,42,45,46). The number of hydrogen-bond acceptors (Lipinski definition) is 11. The lowest BCUT2D eigenvalue weighted by Crippen LogP contribution is -2.58. The van der Waals surface area contributed by atoms with Gasteiger partial charge in [-0.05, 0) is 41.3 Å². The molecule has 0 saturated heterocycles. The molecule has 1 spiro atoms. The molecule has 3 aliphatic heterocycles. The Morgan fingerprint density at radius 3 is 2.46 bits per heavy atom. The molecule has 3 aromatic carbocycles. The van der Waals surface area contributed by atoms with Crippen molar-refractivity contribution < 1.29 is 38.0 Å². The van der Waals surface area contributed by atoms with Gasteiger partial charge < -0.3 is 33.7 Å². The number of fused-ring (bicyclic) bond motifs is 3. The summed E-state index contributed by atoms with van der Waals surface area (Å²) in [5.41, 5.74) is -0.0789. The highest BCUT2D eigenvalue weighted by Crippen LogP contribution is 2.56. The van der Waals surface area contributed by atoms with Gasteiger partial charge in [0.2, 0.25) is 17.2 Å². The third kappa shape index (κ3) is 4.97. The molecule has 0 fully saturated rings. The third-order valence-corrected chi connectivity index (χ3v) is 10.6. The summed E-state index contributed by atoms with van der Waals surface area (Å²) >= 11 is 6.66. The molecular formula is C38H34ClN3O10. The first kappa shape index (κ1) is 33.5. The normalized spacial score (nSPS) is 21.0. The summed E-state index contributed by atoms with van der Waals surface area (Å²) in [7, 11) is 4.32. The van der Waals surface area contributed by atoms with Gasteiger partial charge in [-0.15, -0.1) is 0 Å². The van der Waals surface area contributed by atoms with Gasteiger partial charge in [-0.25, -0.2) is 4.79 Å². The summed E-state index contributed by atoms with van der Waals surface area (Å²) in [5.74, 6) is -0.873. The van der Waals surface area contributed by atoms with E-state index in [9.17, 15) is 14.4 Å². The van der Waals surface area contributed by atoms with Crippen LogP contribution in [0.1, 0.15) is 51.9 Å². The summed E-state index contributed by atoms with van der Waals surface area (Å²) in [4.78, 5) is 60.7. The maximum atomic E-state index is 15.1. The zero-order valence-electron chi connectivity index (χ0n) is 28.7. The monoisotopic (exact) mass is 727 g/mol. The van der Waals surface area contributed by atoms with Crippen molar-refractivity contribution in [3.05, 3.63) is 107 Å². The number of anilines is 1. The molecule has 52 heavy (non-hydrogen) atoms. The van der Waals surface area contributed by atoms with Crippen molar-refractivity contribution in [3.63, 3.8) is 0 Å². The predicted molar refractivity (Wildman–Crippen MR) is 189 cm³/mol. The van der Waals surface area contributed by atoms with E-state index in [0.717, 1.165) is 23.3 Å². The Balaban J connectivity index is 1.21. The molecule has 4 aliphatic rings. The van der Waals surface area contributed by atoms with Crippen molar-refractivity contribution in [3.8, 4) is 34.5 Å². The number of nitrogens with one attached hydrogen (secondary N) is 3. The largest absolute Gasteiger partial charge is 0.496 e. The summed E-state index contributed by atoms with van der Waals surface area (Å²) in [6.07, 6.45) is 1.60. The predicted octanol–water partition coefficient (Wildman–Crippen LogP) is 4.73. The molecule has 3 N–H and O–H groups in total. The van der Waals surface area contributed by atoms with E-state index in [2.05, 4.69) is 21.4 Å². The zero-order valence-corrected chi connectivity index (χ0v) is 29.4. The number of rotatable bonds is 8. The minimum Gasteiger partial charge on any atom is -0.496 e. The molecule has 0 bridgehead atoms. The summed E-state index contributed by atoms with van der Waals surface area (Å²) in [6, 6.07) is 12.7. The first-order valence-corrected chi connectivity index (χ1v) is 17.1. The average molecular weight is 728 g/mol. The minimum atomic E-state index is -2.04. The first-order chi connectivity index (χ1) is 25.1. The van der Waals surface area contributed by atoms with Crippen molar-refractivity contribution in [2.75, 3.05) is 39.9 Å². The molecule has 14 heteroatoms. The number of Topliss-reactive ketones (excluding diaryl/α,β-unsaturated/α-hetero) is 2. The van der Waals surface area contributed by atoms with Gasteiger partial charge in [0.1, 0.15) is 33.7 Å². The van der Waals surface area contributed by atoms with Gasteiger partial charge in [0.15, 0.2) is 17.2 Å². The molecule has 3 unspecified atom stereocenters. The minimum absolute atomic E-state index is 0.0196. The van der Waals surface area contributed by atoms with E-state index in [4.69, 9.17) is 40.0 Å². The number of benzene rings is 3. The fraction of sp³-hybridized carbons (Fsp3) is 0.316. The number of aromatic nitrogens is 2. The Morgan fingerprint density at radius 2 is 1.69 bits per heavy atom. The second-order valence-corrected chi connectivity index (χ2v) is 13.5. The van der Waals surface area contributed by atoms with E-state index >= 15 is 4.79 Å². The van der Waals surface area contributed by atoms with Gasteiger partial charge in [0.25, 0.3) is 5.56 Å². The SMILES string of the molecule is COc1ccc(C2C3=C(CC(C)C4(Oc5c(Cl)c(OC)cc(OC)c5C4=O)C3=O)Nc3[nH]c(=O)[nH]c(=O)c32)cc1OCCc1ccc2c(c1)CCO2. The third-order valence-electron chi connectivity index (χ3n) is 10.3. The smallest absolute Gasteiger partial charge is 0.327 e. The molecule has 1 aromatic heterocycles. The fourth-order valence-electron chi connectivity index (χ4n) is 7.78. The molecule has 0 amide bonds. The van der Waals surface area contributed by atoms with Crippen LogP contribution in [0.3, 0.4) is 0 Å². The van der Waals surface area contributed by atoms with E-state index < -0.39 is 40.3 Å². The number of aromatic amines is 2. The second-order valence-electron chi connectivity index (χ2n) is 13.1. The molecule has 1 aliphatic carbocycles. The van der Waals surface area contributed by atoms with Crippen molar-refractivity contribution in [1.29, 1.82) is 0 Å². The number of methoxy groups -OCH3 is 3. The summed E-state index contributed by atoms with van der Waals surface area (Å²) in [5, 5.41) is 3.14. The number of carbonyl (C=O) groups is 2. The Morgan fingerprint density at radius 1 is 0.904 bits per heavy atom. The van der Waals surface area contributed by atoms with E-state index in [1.165, 1.54) is 27.4 Å². The molecule has 4 heterocycles. The number of H-pyrrole nitrogens is 2. The average Bonchev–Trinajstić information content (AvgIpc) is 3.73. The Hall–Kier alpha value is -5.69. The van der Waals surface area contributed by atoms with Crippen molar-refractivity contribution >= 4 is 29.0 Å². The topological polar surface area (TPSA) is 167 Å². The molecule has 3 atom stereocenters. The van der Waals surface area contributed by atoms with Crippen molar-refractivity contribution in [2.24, 2.45) is 5.92 Å². The zero-order chi connectivity index (χ0) is 36.5. The van der Waals surface area contributed by atoms with Crippen LogP contribution in [0, 0.1) is 5.92 Å². The van der Waals surface area contributed by atoms with Crippen LogP contribution in [0.2, 0.25) is 5.02 Å². The fourth-order valence-corrected chi connectivity index (χ4v) is 8.04. The first-order valence-electron chi connectivity index (χ1n) is 16.7.